The van der Waals surface area contributed by atoms with Crippen molar-refractivity contribution in [1.29, 1.82) is 0 Å². The molecule has 1 aliphatic heterocycles. The first kappa shape index (κ1) is 14.0. The van der Waals surface area contributed by atoms with Crippen molar-refractivity contribution in [2.24, 2.45) is 0 Å². The number of carbonyl (C=O) groups excluding carboxylic acids is 1. The summed E-state index contributed by atoms with van der Waals surface area (Å²) in [5, 5.41) is 0.630. The molecule has 4 heteroatoms. The molecule has 108 valence electrons. The van der Waals surface area contributed by atoms with Gasteiger partial charge in [0.25, 0.3) is 5.91 Å². The van der Waals surface area contributed by atoms with Gasteiger partial charge in [0.2, 0.25) is 0 Å². The number of carbonyl (C=O) groups is 1. The van der Waals surface area contributed by atoms with E-state index in [0.29, 0.717) is 17.2 Å². The number of fused-ring (bicyclic) bond motifs is 1. The topological polar surface area (TPSA) is 29.5 Å². The van der Waals surface area contributed by atoms with Gasteiger partial charge < -0.3 is 9.64 Å². The number of amides is 1. The first-order valence-corrected chi connectivity index (χ1v) is 7.29. The number of nitrogens with zero attached hydrogens (tertiary/aromatic N) is 1. The van der Waals surface area contributed by atoms with E-state index in [1.165, 1.54) is 0 Å². The molecule has 0 aromatic heterocycles. The van der Waals surface area contributed by atoms with Crippen LogP contribution in [0.25, 0.3) is 0 Å². The van der Waals surface area contributed by atoms with Crippen LogP contribution in [0.3, 0.4) is 0 Å². The Morgan fingerprint density at radius 2 is 1.90 bits per heavy atom. The third kappa shape index (κ3) is 2.74. The monoisotopic (exact) mass is 301 g/mol. The fraction of sp³-hybridized carbons (Fsp3) is 0.235. The van der Waals surface area contributed by atoms with Gasteiger partial charge in [-0.25, -0.2) is 0 Å². The Morgan fingerprint density at radius 1 is 1.19 bits per heavy atom. The van der Waals surface area contributed by atoms with Gasteiger partial charge in [-0.2, -0.15) is 0 Å². The molecule has 1 aliphatic rings. The first-order valence-electron chi connectivity index (χ1n) is 6.91. The van der Waals surface area contributed by atoms with Crippen LogP contribution in [0.5, 0.6) is 5.75 Å². The van der Waals surface area contributed by atoms with Crippen LogP contribution in [0.1, 0.15) is 28.4 Å². The molecule has 2 aromatic carbocycles. The van der Waals surface area contributed by atoms with Crippen LogP contribution in [0.2, 0.25) is 5.02 Å². The molecule has 0 N–H and O–H groups in total. The Labute approximate surface area is 129 Å². The van der Waals surface area contributed by atoms with Gasteiger partial charge in [0, 0.05) is 29.6 Å². The summed E-state index contributed by atoms with van der Waals surface area (Å²) < 4.78 is 5.65. The molecular formula is C17H16ClNO2. The second kappa shape index (κ2) is 5.78. The van der Waals surface area contributed by atoms with Crippen LogP contribution in [0.4, 0.5) is 0 Å². The Morgan fingerprint density at radius 3 is 2.67 bits per heavy atom. The summed E-state index contributed by atoms with van der Waals surface area (Å²) in [6, 6.07) is 14.9. The zero-order chi connectivity index (χ0) is 14.8. The molecule has 1 amide bonds. The maximum atomic E-state index is 12.6. The highest BCUT2D eigenvalue weighted by molar-refractivity contribution is 6.30. The molecule has 3 rings (SSSR count). The molecule has 1 atom stereocenters. The van der Waals surface area contributed by atoms with Crippen molar-refractivity contribution in [2.45, 2.75) is 12.5 Å². The zero-order valence-electron chi connectivity index (χ0n) is 11.8. The number of benzene rings is 2. The van der Waals surface area contributed by atoms with Gasteiger partial charge >= 0.3 is 0 Å². The highest BCUT2D eigenvalue weighted by Gasteiger charge is 2.28. The van der Waals surface area contributed by atoms with Crippen molar-refractivity contribution in [2.75, 3.05) is 13.7 Å². The van der Waals surface area contributed by atoms with E-state index in [4.69, 9.17) is 16.3 Å². The van der Waals surface area contributed by atoms with E-state index in [2.05, 4.69) is 0 Å². The molecular weight excluding hydrogens is 286 g/mol. The normalized spacial score (nSPS) is 16.8. The van der Waals surface area contributed by atoms with E-state index in [1.807, 2.05) is 31.3 Å². The second-order valence-electron chi connectivity index (χ2n) is 5.11. The predicted octanol–water partition coefficient (Wildman–Crippen LogP) is 3.94. The van der Waals surface area contributed by atoms with Gasteiger partial charge in [-0.1, -0.05) is 29.8 Å². The van der Waals surface area contributed by atoms with E-state index in [1.54, 1.807) is 29.2 Å². The summed E-state index contributed by atoms with van der Waals surface area (Å²) in [4.78, 5) is 14.4. The number of hydrogen-bond donors (Lipinski definition) is 0. The maximum Gasteiger partial charge on any atom is 0.254 e. The van der Waals surface area contributed by atoms with Crippen molar-refractivity contribution in [3.05, 3.63) is 64.7 Å². The highest BCUT2D eigenvalue weighted by Crippen LogP contribution is 2.35. The minimum absolute atomic E-state index is 0.00614. The Balaban J connectivity index is 1.87. The van der Waals surface area contributed by atoms with E-state index in [0.717, 1.165) is 17.7 Å². The number of ether oxygens (including phenoxy) is 1. The van der Waals surface area contributed by atoms with Gasteiger partial charge in [-0.15, -0.1) is 0 Å². The lowest BCUT2D eigenvalue weighted by atomic mass is 9.98. The van der Waals surface area contributed by atoms with Gasteiger partial charge in [0.15, 0.2) is 0 Å². The molecule has 0 fully saturated rings. The molecule has 21 heavy (non-hydrogen) atoms. The van der Waals surface area contributed by atoms with Gasteiger partial charge in [-0.3, -0.25) is 4.79 Å². The van der Waals surface area contributed by atoms with Gasteiger partial charge in [0.05, 0.1) is 12.6 Å². The molecule has 0 saturated heterocycles. The molecule has 0 aliphatic carbocycles. The summed E-state index contributed by atoms with van der Waals surface area (Å²) in [6.07, 6.45) is 0.798. The fourth-order valence-corrected chi connectivity index (χ4v) is 2.79. The van der Waals surface area contributed by atoms with Crippen LogP contribution in [-0.4, -0.2) is 24.5 Å². The van der Waals surface area contributed by atoms with Crippen LogP contribution < -0.4 is 4.74 Å². The van der Waals surface area contributed by atoms with E-state index < -0.39 is 0 Å². The SMILES string of the molecule is CN(C(=O)c1ccc(Cl)cc1)C1CCOc2ccccc21. The van der Waals surface area contributed by atoms with Crippen molar-refractivity contribution in [3.8, 4) is 5.75 Å². The average molecular weight is 302 g/mol. The molecule has 0 spiro atoms. The number of halogens is 1. The lowest BCUT2D eigenvalue weighted by molar-refractivity contribution is 0.0686. The molecule has 0 radical (unpaired) electrons. The highest BCUT2D eigenvalue weighted by atomic mass is 35.5. The van der Waals surface area contributed by atoms with Crippen LogP contribution in [0.15, 0.2) is 48.5 Å². The van der Waals surface area contributed by atoms with Crippen molar-refractivity contribution < 1.29 is 9.53 Å². The fourth-order valence-electron chi connectivity index (χ4n) is 2.66. The van der Waals surface area contributed by atoms with Crippen LogP contribution in [-0.2, 0) is 0 Å². The zero-order valence-corrected chi connectivity index (χ0v) is 12.5. The Bertz CT molecular complexity index is 654. The minimum Gasteiger partial charge on any atom is -0.493 e. The Hall–Kier alpha value is -2.00. The lowest BCUT2D eigenvalue weighted by Gasteiger charge is -2.33. The quantitative estimate of drug-likeness (QED) is 0.841. The average Bonchev–Trinajstić information content (AvgIpc) is 2.53. The van der Waals surface area contributed by atoms with Crippen molar-refractivity contribution >= 4 is 17.5 Å². The molecule has 0 saturated carbocycles. The standard InChI is InChI=1S/C17H16ClNO2/c1-19(17(20)12-6-8-13(18)9-7-12)15-10-11-21-16-5-3-2-4-14(15)16/h2-9,15H,10-11H2,1H3. The maximum absolute atomic E-state index is 12.6. The number of hydrogen-bond acceptors (Lipinski definition) is 2. The molecule has 0 bridgehead atoms. The second-order valence-corrected chi connectivity index (χ2v) is 5.55. The summed E-state index contributed by atoms with van der Waals surface area (Å²) >= 11 is 5.87. The van der Waals surface area contributed by atoms with Gasteiger partial charge in [0.1, 0.15) is 5.75 Å². The number of rotatable bonds is 2. The summed E-state index contributed by atoms with van der Waals surface area (Å²) in [5.74, 6) is 0.859. The third-order valence-corrected chi connectivity index (χ3v) is 4.06. The molecule has 1 unspecified atom stereocenters. The van der Waals surface area contributed by atoms with Crippen molar-refractivity contribution in [3.63, 3.8) is 0 Å². The summed E-state index contributed by atoms with van der Waals surface area (Å²) in [5.41, 5.74) is 1.71. The van der Waals surface area contributed by atoms with Crippen LogP contribution >= 0.6 is 11.6 Å². The largest absolute Gasteiger partial charge is 0.493 e. The van der Waals surface area contributed by atoms with Gasteiger partial charge in [-0.05, 0) is 30.3 Å². The number of para-hydroxylation sites is 1. The summed E-state index contributed by atoms with van der Waals surface area (Å²) in [7, 11) is 1.84. The first-order chi connectivity index (χ1) is 10.2. The van der Waals surface area contributed by atoms with E-state index in [9.17, 15) is 4.79 Å². The Kier molecular flexibility index (Phi) is 3.84. The summed E-state index contributed by atoms with van der Waals surface area (Å²) in [6.45, 7) is 0.625. The van der Waals surface area contributed by atoms with Crippen LogP contribution in [0, 0.1) is 0 Å². The van der Waals surface area contributed by atoms with E-state index >= 15 is 0 Å². The van der Waals surface area contributed by atoms with Crippen molar-refractivity contribution in [1.82, 2.24) is 4.90 Å². The van der Waals surface area contributed by atoms with E-state index in [-0.39, 0.29) is 11.9 Å². The molecule has 1 heterocycles. The smallest absolute Gasteiger partial charge is 0.254 e. The predicted molar refractivity (Wildman–Crippen MR) is 82.8 cm³/mol. The minimum atomic E-state index is -0.00614. The molecule has 3 nitrogen and oxygen atoms in total. The third-order valence-electron chi connectivity index (χ3n) is 3.81. The lowest BCUT2D eigenvalue weighted by Crippen LogP contribution is -2.34. The molecule has 2 aromatic rings.